The predicted octanol–water partition coefficient (Wildman–Crippen LogP) is 0.529. The van der Waals surface area contributed by atoms with Crippen LogP contribution < -0.4 is 4.74 Å². The summed E-state index contributed by atoms with van der Waals surface area (Å²) in [5, 5.41) is 10.8. The zero-order valence-electron chi connectivity index (χ0n) is 18.0. The zero-order chi connectivity index (χ0) is 22.8. The highest BCUT2D eigenvalue weighted by molar-refractivity contribution is 7.89. The number of fused-ring (bicyclic) bond motifs is 1. The molecule has 0 amide bonds. The van der Waals surface area contributed by atoms with Crippen LogP contribution >= 0.6 is 0 Å². The van der Waals surface area contributed by atoms with Crippen molar-refractivity contribution in [2.75, 3.05) is 33.5 Å². The fourth-order valence-corrected chi connectivity index (χ4v) is 5.37. The van der Waals surface area contributed by atoms with Crippen molar-refractivity contribution in [1.82, 2.24) is 4.31 Å². The number of benzene rings is 1. The first-order valence-electron chi connectivity index (χ1n) is 10.0. The summed E-state index contributed by atoms with van der Waals surface area (Å²) in [6.45, 7) is 6.37. The normalized spacial score (nSPS) is 28.2. The largest absolute Gasteiger partial charge is 0.491 e. The van der Waals surface area contributed by atoms with Crippen molar-refractivity contribution >= 4 is 16.0 Å². The minimum atomic E-state index is -4.16. The van der Waals surface area contributed by atoms with Crippen molar-refractivity contribution in [3.8, 4) is 5.75 Å². The van der Waals surface area contributed by atoms with Gasteiger partial charge in [-0.25, -0.2) is 8.42 Å². The number of aliphatic hydroxyl groups is 1. The molecule has 0 unspecified atom stereocenters. The van der Waals surface area contributed by atoms with E-state index < -0.39 is 46.1 Å². The van der Waals surface area contributed by atoms with Crippen LogP contribution in [0.25, 0.3) is 0 Å². The number of hydrogen-bond donors (Lipinski definition) is 1. The quantitative estimate of drug-likeness (QED) is 0.438. The van der Waals surface area contributed by atoms with Crippen molar-refractivity contribution in [2.24, 2.45) is 0 Å². The number of ether oxygens (including phenoxy) is 5. The first kappa shape index (κ1) is 23.9. The van der Waals surface area contributed by atoms with E-state index in [1.54, 1.807) is 13.8 Å². The molecule has 2 fully saturated rings. The highest BCUT2D eigenvalue weighted by Crippen LogP contribution is 2.38. The average molecular weight is 460 g/mol. The highest BCUT2D eigenvalue weighted by Gasteiger charge is 2.57. The van der Waals surface area contributed by atoms with Crippen LogP contribution in [0.3, 0.4) is 0 Å². The number of rotatable bonds is 8. The molecule has 2 aliphatic rings. The van der Waals surface area contributed by atoms with Crippen LogP contribution in [-0.2, 0) is 33.8 Å². The molecular formula is C20H29NO9S. The third-order valence-corrected chi connectivity index (χ3v) is 6.99. The summed E-state index contributed by atoms with van der Waals surface area (Å²) >= 11 is 0. The van der Waals surface area contributed by atoms with Crippen LogP contribution in [0, 0.1) is 0 Å². The minimum absolute atomic E-state index is 0.0533. The van der Waals surface area contributed by atoms with Crippen LogP contribution in [0.5, 0.6) is 5.75 Å². The van der Waals surface area contributed by atoms with Crippen molar-refractivity contribution in [3.05, 3.63) is 24.3 Å². The number of piperidine rings is 1. The van der Waals surface area contributed by atoms with E-state index in [1.807, 2.05) is 6.92 Å². The monoisotopic (exact) mass is 459 g/mol. The molecule has 0 aliphatic carbocycles. The molecule has 0 saturated carbocycles. The zero-order valence-corrected chi connectivity index (χ0v) is 18.8. The first-order chi connectivity index (χ1) is 14.6. The number of methoxy groups -OCH3 is 1. The SMILES string of the molecule is CCOCCOc1ccc(S(=O)(=O)N2C[C@@H]3OC(C)(C)O[C@H]3[C@H](O)[C@@H]2C(=O)OC)cc1. The lowest BCUT2D eigenvalue weighted by Gasteiger charge is -2.40. The van der Waals surface area contributed by atoms with Gasteiger partial charge >= 0.3 is 5.97 Å². The van der Waals surface area contributed by atoms with Gasteiger partial charge in [0.25, 0.3) is 0 Å². The van der Waals surface area contributed by atoms with Gasteiger partial charge in [-0.2, -0.15) is 4.31 Å². The van der Waals surface area contributed by atoms with Gasteiger partial charge in [-0.1, -0.05) is 0 Å². The van der Waals surface area contributed by atoms with Crippen LogP contribution in [-0.4, -0.2) is 87.4 Å². The Hall–Kier alpha value is -1.76. The molecule has 1 N–H and O–H groups in total. The van der Waals surface area contributed by atoms with Gasteiger partial charge in [-0.05, 0) is 45.0 Å². The molecule has 174 valence electrons. The van der Waals surface area contributed by atoms with Crippen molar-refractivity contribution in [1.29, 1.82) is 0 Å². The smallest absolute Gasteiger partial charge is 0.326 e. The van der Waals surface area contributed by atoms with E-state index in [2.05, 4.69) is 0 Å². The van der Waals surface area contributed by atoms with E-state index in [-0.39, 0.29) is 11.4 Å². The highest BCUT2D eigenvalue weighted by atomic mass is 32.2. The second kappa shape index (κ2) is 9.39. The number of aliphatic hydroxyl groups excluding tert-OH is 1. The molecule has 1 aromatic carbocycles. The van der Waals surface area contributed by atoms with Gasteiger partial charge in [0, 0.05) is 13.2 Å². The standard InChI is InChI=1S/C20H29NO9S/c1-5-27-10-11-28-13-6-8-14(9-7-13)31(24,25)21-12-15-18(30-20(2,3)29-15)17(22)16(21)19(23)26-4/h6-9,15-18,22H,5,10-12H2,1-4H3/t15-,16+,17+,18+/m0/s1. The Labute approximate surface area is 182 Å². The molecule has 2 saturated heterocycles. The third-order valence-electron chi connectivity index (χ3n) is 5.13. The lowest BCUT2D eigenvalue weighted by molar-refractivity contribution is -0.164. The molecule has 4 atom stereocenters. The second-order valence-electron chi connectivity index (χ2n) is 7.69. The van der Waals surface area contributed by atoms with Gasteiger partial charge < -0.3 is 28.8 Å². The Bertz CT molecular complexity index is 871. The van der Waals surface area contributed by atoms with E-state index in [0.29, 0.717) is 25.6 Å². The molecule has 3 rings (SSSR count). The summed E-state index contributed by atoms with van der Waals surface area (Å²) < 4.78 is 54.6. The Morgan fingerprint density at radius 3 is 2.52 bits per heavy atom. The summed E-state index contributed by atoms with van der Waals surface area (Å²) in [6, 6.07) is 4.35. The Morgan fingerprint density at radius 1 is 1.23 bits per heavy atom. The lowest BCUT2D eigenvalue weighted by Crippen LogP contribution is -2.64. The maximum atomic E-state index is 13.4. The third kappa shape index (κ3) is 5.02. The Morgan fingerprint density at radius 2 is 1.90 bits per heavy atom. The lowest BCUT2D eigenvalue weighted by atomic mass is 9.96. The molecule has 31 heavy (non-hydrogen) atoms. The maximum Gasteiger partial charge on any atom is 0.326 e. The first-order valence-corrected chi connectivity index (χ1v) is 11.5. The number of carbonyl (C=O) groups excluding carboxylic acids is 1. The number of hydrogen-bond acceptors (Lipinski definition) is 9. The molecule has 11 heteroatoms. The van der Waals surface area contributed by atoms with E-state index in [1.165, 1.54) is 24.3 Å². The Kier molecular flexibility index (Phi) is 7.24. The van der Waals surface area contributed by atoms with Gasteiger partial charge in [-0.15, -0.1) is 0 Å². The molecule has 0 bridgehead atoms. The molecule has 1 aromatic rings. The van der Waals surface area contributed by atoms with Crippen LogP contribution in [0.2, 0.25) is 0 Å². The van der Waals surface area contributed by atoms with E-state index in [0.717, 1.165) is 11.4 Å². The summed E-state index contributed by atoms with van der Waals surface area (Å²) in [4.78, 5) is 12.4. The molecule has 0 radical (unpaired) electrons. The number of carbonyl (C=O) groups is 1. The van der Waals surface area contributed by atoms with Crippen LogP contribution in [0.1, 0.15) is 20.8 Å². The Balaban J connectivity index is 1.84. The van der Waals surface area contributed by atoms with Gasteiger partial charge in [0.05, 0.1) is 18.6 Å². The average Bonchev–Trinajstić information content (AvgIpc) is 3.05. The fraction of sp³-hybridized carbons (Fsp3) is 0.650. The van der Waals surface area contributed by atoms with Crippen molar-refractivity contribution in [2.45, 2.75) is 55.8 Å². The fourth-order valence-electron chi connectivity index (χ4n) is 3.77. The van der Waals surface area contributed by atoms with E-state index >= 15 is 0 Å². The summed E-state index contributed by atoms with van der Waals surface area (Å²) in [5.74, 6) is -1.41. The maximum absolute atomic E-state index is 13.4. The minimum Gasteiger partial charge on any atom is -0.491 e. The van der Waals surface area contributed by atoms with E-state index in [9.17, 15) is 18.3 Å². The molecule has 2 aliphatic heterocycles. The number of esters is 1. The van der Waals surface area contributed by atoms with Gasteiger partial charge in [0.2, 0.25) is 10.0 Å². The number of nitrogens with zero attached hydrogens (tertiary/aromatic N) is 1. The van der Waals surface area contributed by atoms with Gasteiger partial charge in [0.1, 0.15) is 30.7 Å². The number of sulfonamides is 1. The topological polar surface area (TPSA) is 121 Å². The molecule has 0 spiro atoms. The van der Waals surface area contributed by atoms with Crippen LogP contribution in [0.4, 0.5) is 0 Å². The summed E-state index contributed by atoms with van der Waals surface area (Å²) in [5.41, 5.74) is 0. The van der Waals surface area contributed by atoms with Gasteiger partial charge in [0.15, 0.2) is 11.8 Å². The predicted molar refractivity (Wildman–Crippen MR) is 108 cm³/mol. The molecule has 10 nitrogen and oxygen atoms in total. The van der Waals surface area contributed by atoms with Crippen LogP contribution in [0.15, 0.2) is 29.2 Å². The van der Waals surface area contributed by atoms with Gasteiger partial charge in [-0.3, -0.25) is 4.79 Å². The van der Waals surface area contributed by atoms with Crippen molar-refractivity contribution in [3.63, 3.8) is 0 Å². The second-order valence-corrected chi connectivity index (χ2v) is 9.58. The van der Waals surface area contributed by atoms with Crippen molar-refractivity contribution < 1.29 is 42.0 Å². The summed E-state index contributed by atoms with van der Waals surface area (Å²) in [7, 11) is -3.03. The molecule has 0 aromatic heterocycles. The molecular weight excluding hydrogens is 430 g/mol. The van der Waals surface area contributed by atoms with E-state index in [4.69, 9.17) is 23.7 Å². The molecule has 2 heterocycles. The summed E-state index contributed by atoms with van der Waals surface area (Å²) in [6.07, 6.45) is -3.04.